The number of nitrogens with zero attached hydrogens (tertiary/aromatic N) is 1. The number of methoxy groups -OCH3 is 1. The highest BCUT2D eigenvalue weighted by Gasteiger charge is 2.68. The van der Waals surface area contributed by atoms with Crippen molar-refractivity contribution in [3.8, 4) is 11.5 Å². The Morgan fingerprint density at radius 1 is 1.17 bits per heavy atom. The van der Waals surface area contributed by atoms with E-state index in [1.54, 1.807) is 30.3 Å². The van der Waals surface area contributed by atoms with Crippen molar-refractivity contribution in [1.29, 1.82) is 0 Å². The molecule has 0 saturated carbocycles. The van der Waals surface area contributed by atoms with Crippen molar-refractivity contribution in [3.63, 3.8) is 0 Å². The van der Waals surface area contributed by atoms with Gasteiger partial charge in [0.2, 0.25) is 17.7 Å². The van der Waals surface area contributed by atoms with Crippen LogP contribution in [0.2, 0.25) is 0 Å². The van der Waals surface area contributed by atoms with Crippen LogP contribution in [0, 0.1) is 11.8 Å². The van der Waals surface area contributed by atoms with Crippen molar-refractivity contribution in [2.45, 2.75) is 24.9 Å². The van der Waals surface area contributed by atoms with Crippen molar-refractivity contribution >= 4 is 46.8 Å². The first-order valence-corrected chi connectivity index (χ1v) is 12.7. The molecule has 190 valence electrons. The largest absolute Gasteiger partial charge is 0.504 e. The van der Waals surface area contributed by atoms with Crippen LogP contribution in [0.4, 0.5) is 11.4 Å². The maximum atomic E-state index is 13.8. The van der Waals surface area contributed by atoms with Crippen LogP contribution in [0.25, 0.3) is 0 Å². The van der Waals surface area contributed by atoms with E-state index in [-0.39, 0.29) is 35.1 Å². The number of benzene rings is 2. The lowest BCUT2D eigenvalue weighted by Gasteiger charge is -2.31. The molecule has 2 heterocycles. The first-order chi connectivity index (χ1) is 17.2. The third-order valence-corrected chi connectivity index (χ3v) is 7.38. The van der Waals surface area contributed by atoms with Gasteiger partial charge >= 0.3 is 5.97 Å². The van der Waals surface area contributed by atoms with Gasteiger partial charge in [-0.1, -0.05) is 12.1 Å². The van der Waals surface area contributed by atoms with Crippen LogP contribution >= 0.6 is 11.8 Å². The van der Waals surface area contributed by atoms with Crippen molar-refractivity contribution < 1.29 is 34.1 Å². The van der Waals surface area contributed by atoms with Gasteiger partial charge in [-0.2, -0.15) is 11.8 Å². The minimum atomic E-state index is -1.72. The van der Waals surface area contributed by atoms with E-state index in [2.05, 4.69) is 10.6 Å². The SMILES string of the molecule is COc1cccc([C@@H]2N[C@](CCSC)(C(=O)O)[C@H]3C(=O)N(c4ccc(NC(C)=O)cc4)C(=O)[C@@H]23)c1O. The molecule has 0 radical (unpaired) electrons. The molecule has 2 fully saturated rings. The summed E-state index contributed by atoms with van der Waals surface area (Å²) in [6, 6.07) is 10.0. The van der Waals surface area contributed by atoms with Crippen LogP contribution < -0.4 is 20.3 Å². The van der Waals surface area contributed by atoms with E-state index >= 15 is 0 Å². The number of amides is 3. The average Bonchev–Trinajstić information content (AvgIpc) is 3.32. The van der Waals surface area contributed by atoms with Gasteiger partial charge in [-0.15, -0.1) is 0 Å². The van der Waals surface area contributed by atoms with Crippen LogP contribution in [0.15, 0.2) is 42.5 Å². The molecule has 4 N–H and O–H groups in total. The van der Waals surface area contributed by atoms with Crippen LogP contribution in [0.5, 0.6) is 11.5 Å². The number of fused-ring (bicyclic) bond motifs is 1. The highest BCUT2D eigenvalue weighted by molar-refractivity contribution is 7.98. The second kappa shape index (κ2) is 9.82. The molecular weight excluding hydrogens is 486 g/mol. The number of hydrogen-bond donors (Lipinski definition) is 4. The third-order valence-electron chi connectivity index (χ3n) is 6.77. The average molecular weight is 514 g/mol. The number of carbonyl (C=O) groups excluding carboxylic acids is 3. The summed E-state index contributed by atoms with van der Waals surface area (Å²) in [5.74, 6) is -4.57. The molecule has 0 bridgehead atoms. The van der Waals surface area contributed by atoms with Crippen LogP contribution in [0.1, 0.15) is 24.9 Å². The molecule has 4 rings (SSSR count). The Bertz CT molecular complexity index is 1220. The lowest BCUT2D eigenvalue weighted by molar-refractivity contribution is -0.148. The lowest BCUT2D eigenvalue weighted by atomic mass is 9.78. The molecule has 2 saturated heterocycles. The molecular formula is C25H27N3O7S. The normalized spacial score (nSPS) is 25.1. The Morgan fingerprint density at radius 3 is 2.44 bits per heavy atom. The van der Waals surface area contributed by atoms with E-state index in [0.717, 1.165) is 4.90 Å². The molecule has 36 heavy (non-hydrogen) atoms. The van der Waals surface area contributed by atoms with E-state index < -0.39 is 41.2 Å². The van der Waals surface area contributed by atoms with E-state index in [4.69, 9.17) is 4.74 Å². The molecule has 0 spiro atoms. The number of ether oxygens (including phenoxy) is 1. The Balaban J connectivity index is 1.82. The lowest BCUT2D eigenvalue weighted by Crippen LogP contribution is -2.56. The number of aliphatic carboxylic acids is 1. The highest BCUT2D eigenvalue weighted by atomic mass is 32.2. The number of aromatic hydroxyl groups is 1. The molecule has 3 amide bonds. The summed E-state index contributed by atoms with van der Waals surface area (Å²) in [7, 11) is 1.39. The third kappa shape index (κ3) is 4.07. The van der Waals surface area contributed by atoms with Gasteiger partial charge in [0.1, 0.15) is 5.54 Å². The second-order valence-electron chi connectivity index (χ2n) is 8.78. The molecule has 2 aromatic rings. The summed E-state index contributed by atoms with van der Waals surface area (Å²) in [5.41, 5.74) is -0.677. The number of phenols is 1. The van der Waals surface area contributed by atoms with Gasteiger partial charge in [0.05, 0.1) is 24.6 Å². The Hall–Kier alpha value is -3.57. The van der Waals surface area contributed by atoms with Crippen molar-refractivity contribution in [2.75, 3.05) is 29.3 Å². The molecule has 10 nitrogen and oxygen atoms in total. The molecule has 0 unspecified atom stereocenters. The number of phenolic OH excluding ortho intramolecular Hbond substituents is 1. The fraction of sp³-hybridized carbons (Fsp3) is 0.360. The molecule has 0 aromatic heterocycles. The summed E-state index contributed by atoms with van der Waals surface area (Å²) >= 11 is 1.43. The number of thioether (sulfide) groups is 1. The standard InChI is InChI=1S/C25H27N3O7S/c1-13(29)26-14-7-9-15(10-8-14)28-22(31)18-19(23(28)32)25(24(33)34,11-12-36-3)27-20(18)16-5-4-6-17(35-2)21(16)30/h4-10,18-20,27,30H,11-12H2,1-3H3,(H,26,29)(H,33,34)/t18-,19-,20+,25+/m1/s1. The van der Waals surface area contributed by atoms with Crippen molar-refractivity contribution in [2.24, 2.45) is 11.8 Å². The van der Waals surface area contributed by atoms with Gasteiger partial charge in [-0.3, -0.25) is 24.5 Å². The van der Waals surface area contributed by atoms with E-state index in [1.807, 2.05) is 6.26 Å². The van der Waals surface area contributed by atoms with Crippen molar-refractivity contribution in [3.05, 3.63) is 48.0 Å². The van der Waals surface area contributed by atoms with Gasteiger partial charge in [-0.05, 0) is 48.8 Å². The van der Waals surface area contributed by atoms with E-state index in [9.17, 15) is 29.4 Å². The van der Waals surface area contributed by atoms with Crippen LogP contribution in [0.3, 0.4) is 0 Å². The predicted octanol–water partition coefficient (Wildman–Crippen LogP) is 2.39. The van der Waals surface area contributed by atoms with Gasteiger partial charge in [0.25, 0.3) is 0 Å². The Labute approximate surface area is 212 Å². The fourth-order valence-corrected chi connectivity index (χ4v) is 5.70. The van der Waals surface area contributed by atoms with E-state index in [1.165, 1.54) is 37.9 Å². The van der Waals surface area contributed by atoms with Gasteiger partial charge in [0.15, 0.2) is 11.5 Å². The topological polar surface area (TPSA) is 145 Å². The summed E-state index contributed by atoms with van der Waals surface area (Å²) in [5, 5.41) is 26.9. The zero-order valence-corrected chi connectivity index (χ0v) is 20.8. The zero-order chi connectivity index (χ0) is 26.2. The number of nitrogens with one attached hydrogen (secondary N) is 2. The second-order valence-corrected chi connectivity index (χ2v) is 9.77. The quantitative estimate of drug-likeness (QED) is 0.391. The monoisotopic (exact) mass is 513 g/mol. The molecule has 0 aliphatic carbocycles. The summed E-state index contributed by atoms with van der Waals surface area (Å²) in [4.78, 5) is 52.6. The van der Waals surface area contributed by atoms with Gasteiger partial charge < -0.3 is 20.3 Å². The number of imide groups is 1. The summed E-state index contributed by atoms with van der Waals surface area (Å²) in [6.07, 6.45) is 1.93. The first-order valence-electron chi connectivity index (χ1n) is 11.3. The predicted molar refractivity (Wildman–Crippen MR) is 134 cm³/mol. The Morgan fingerprint density at radius 2 is 1.86 bits per heavy atom. The molecule has 2 aliphatic heterocycles. The minimum Gasteiger partial charge on any atom is -0.504 e. The molecule has 4 atom stereocenters. The number of carboxylic acid groups (broad SMARTS) is 1. The maximum Gasteiger partial charge on any atom is 0.324 e. The number of carbonyl (C=O) groups is 4. The van der Waals surface area contributed by atoms with Gasteiger partial charge in [0, 0.05) is 24.2 Å². The fourth-order valence-electron chi connectivity index (χ4n) is 5.17. The van der Waals surface area contributed by atoms with Crippen LogP contribution in [-0.2, 0) is 19.2 Å². The number of para-hydroxylation sites is 1. The maximum absolute atomic E-state index is 13.8. The number of carboxylic acids is 1. The van der Waals surface area contributed by atoms with Crippen LogP contribution in [-0.4, -0.2) is 58.6 Å². The summed E-state index contributed by atoms with van der Waals surface area (Å²) in [6.45, 7) is 1.36. The minimum absolute atomic E-state index is 0.0974. The number of rotatable bonds is 8. The molecule has 2 aromatic carbocycles. The smallest absolute Gasteiger partial charge is 0.324 e. The highest BCUT2D eigenvalue weighted by Crippen LogP contribution is 2.53. The number of hydrogen-bond acceptors (Lipinski definition) is 8. The van der Waals surface area contributed by atoms with Crippen molar-refractivity contribution in [1.82, 2.24) is 5.32 Å². The zero-order valence-electron chi connectivity index (χ0n) is 20.0. The number of anilines is 2. The first kappa shape index (κ1) is 25.5. The molecule has 11 heteroatoms. The Kier molecular flexibility index (Phi) is 6.96. The van der Waals surface area contributed by atoms with Gasteiger partial charge in [-0.25, -0.2) is 4.90 Å². The summed E-state index contributed by atoms with van der Waals surface area (Å²) < 4.78 is 5.21. The van der Waals surface area contributed by atoms with E-state index in [0.29, 0.717) is 11.4 Å². The molecule has 2 aliphatic rings.